The monoisotopic (exact) mass is 280 g/mol. The van der Waals surface area contributed by atoms with Gasteiger partial charge >= 0.3 is 0 Å². The minimum absolute atomic E-state index is 0.433. The highest BCUT2D eigenvalue weighted by atomic mass is 16.2. The molecule has 21 heavy (non-hydrogen) atoms. The molecule has 3 rings (SSSR count). The molecule has 1 aliphatic heterocycles. The molecule has 0 unspecified atom stereocenters. The van der Waals surface area contributed by atoms with E-state index >= 15 is 0 Å². The van der Waals surface area contributed by atoms with E-state index in [2.05, 4.69) is 17.9 Å². The molecule has 4 heteroatoms. The number of rotatable bonds is 2. The van der Waals surface area contributed by atoms with Crippen molar-refractivity contribution >= 4 is 28.8 Å². The highest BCUT2D eigenvalue weighted by Crippen LogP contribution is 2.34. The molecule has 4 nitrogen and oxygen atoms in total. The van der Waals surface area contributed by atoms with Crippen molar-refractivity contribution in [1.29, 1.82) is 0 Å². The van der Waals surface area contributed by atoms with Crippen LogP contribution in [-0.4, -0.2) is 25.8 Å². The van der Waals surface area contributed by atoms with Gasteiger partial charge in [-0.05, 0) is 36.8 Å². The first-order valence-electron chi connectivity index (χ1n) is 6.76. The van der Waals surface area contributed by atoms with Gasteiger partial charge in [-0.2, -0.15) is 0 Å². The summed E-state index contributed by atoms with van der Waals surface area (Å²) in [4.78, 5) is 27.0. The van der Waals surface area contributed by atoms with Crippen LogP contribution < -0.4 is 9.80 Å². The highest BCUT2D eigenvalue weighted by Gasteiger charge is 2.33. The molecule has 1 amide bonds. The van der Waals surface area contributed by atoms with E-state index in [-0.39, 0.29) is 0 Å². The summed E-state index contributed by atoms with van der Waals surface area (Å²) >= 11 is 0. The van der Waals surface area contributed by atoms with Crippen LogP contribution in [0, 0.1) is 6.92 Å². The number of carbonyl (C=O) groups is 2. The third kappa shape index (κ3) is 2.00. The lowest BCUT2D eigenvalue weighted by molar-refractivity contribution is -0.114. The molecule has 0 N–H and O–H groups in total. The van der Waals surface area contributed by atoms with Crippen LogP contribution in [0.15, 0.2) is 42.5 Å². The fourth-order valence-electron chi connectivity index (χ4n) is 2.65. The van der Waals surface area contributed by atoms with Crippen molar-refractivity contribution in [2.24, 2.45) is 0 Å². The average molecular weight is 280 g/mol. The van der Waals surface area contributed by atoms with Gasteiger partial charge < -0.3 is 9.80 Å². The third-order valence-corrected chi connectivity index (χ3v) is 3.95. The Morgan fingerprint density at radius 1 is 1.05 bits per heavy atom. The van der Waals surface area contributed by atoms with Crippen molar-refractivity contribution < 1.29 is 9.59 Å². The fraction of sp³-hybridized carbons (Fsp3) is 0.176. The van der Waals surface area contributed by atoms with Crippen molar-refractivity contribution in [3.8, 4) is 0 Å². The van der Waals surface area contributed by atoms with Gasteiger partial charge in [0.05, 0.1) is 11.3 Å². The first-order valence-corrected chi connectivity index (χ1v) is 6.76. The Morgan fingerprint density at radius 3 is 2.48 bits per heavy atom. The number of nitrogens with zero attached hydrogens (tertiary/aromatic N) is 2. The van der Waals surface area contributed by atoms with E-state index < -0.39 is 11.7 Å². The van der Waals surface area contributed by atoms with Crippen LogP contribution in [0.1, 0.15) is 15.9 Å². The maximum atomic E-state index is 11.8. The molecule has 0 bridgehead atoms. The van der Waals surface area contributed by atoms with Gasteiger partial charge in [-0.15, -0.1) is 0 Å². The Bertz CT molecular complexity index is 752. The number of ketones is 1. The SMILES string of the molecule is Cc1ccccc1N(C)c1ccc2c(c1)N(C)C(=O)C2=O. The topological polar surface area (TPSA) is 40.6 Å². The summed E-state index contributed by atoms with van der Waals surface area (Å²) in [5.74, 6) is -0.904. The second kappa shape index (κ2) is 4.74. The van der Waals surface area contributed by atoms with Crippen molar-refractivity contribution in [3.63, 3.8) is 0 Å². The summed E-state index contributed by atoms with van der Waals surface area (Å²) in [5, 5.41) is 0. The predicted molar refractivity (Wildman–Crippen MR) is 83.4 cm³/mol. The zero-order chi connectivity index (χ0) is 15.1. The number of hydrogen-bond donors (Lipinski definition) is 0. The maximum absolute atomic E-state index is 11.8. The molecule has 0 saturated carbocycles. The Morgan fingerprint density at radius 2 is 1.76 bits per heavy atom. The quantitative estimate of drug-likeness (QED) is 0.794. The molecule has 2 aromatic carbocycles. The molecule has 0 radical (unpaired) electrons. The maximum Gasteiger partial charge on any atom is 0.299 e. The Balaban J connectivity index is 2.05. The van der Waals surface area contributed by atoms with Gasteiger partial charge in [-0.3, -0.25) is 9.59 Å². The molecule has 0 saturated heterocycles. The minimum atomic E-state index is -0.472. The molecular weight excluding hydrogens is 264 g/mol. The van der Waals surface area contributed by atoms with Crippen molar-refractivity contribution in [2.45, 2.75) is 6.92 Å². The summed E-state index contributed by atoms with van der Waals surface area (Å²) in [5.41, 5.74) is 4.35. The van der Waals surface area contributed by atoms with Gasteiger partial charge in [-0.25, -0.2) is 0 Å². The fourth-order valence-corrected chi connectivity index (χ4v) is 2.65. The lowest BCUT2D eigenvalue weighted by atomic mass is 10.1. The number of hydrogen-bond acceptors (Lipinski definition) is 3. The van der Waals surface area contributed by atoms with Crippen LogP contribution in [0.2, 0.25) is 0 Å². The van der Waals surface area contributed by atoms with Gasteiger partial charge in [-0.1, -0.05) is 18.2 Å². The lowest BCUT2D eigenvalue weighted by Crippen LogP contribution is -2.24. The third-order valence-electron chi connectivity index (χ3n) is 3.95. The molecule has 0 atom stereocenters. The van der Waals surface area contributed by atoms with E-state index in [1.807, 2.05) is 37.4 Å². The predicted octanol–water partition coefficient (Wildman–Crippen LogP) is 2.92. The number of benzene rings is 2. The molecule has 1 heterocycles. The summed E-state index contributed by atoms with van der Waals surface area (Å²) < 4.78 is 0. The molecule has 1 aliphatic rings. The summed E-state index contributed by atoms with van der Waals surface area (Å²) in [6.07, 6.45) is 0. The molecule has 0 fully saturated rings. The second-order valence-electron chi connectivity index (χ2n) is 5.24. The smallest absolute Gasteiger partial charge is 0.299 e. The van der Waals surface area contributed by atoms with Crippen LogP contribution in [0.25, 0.3) is 0 Å². The summed E-state index contributed by atoms with van der Waals surface area (Å²) in [7, 11) is 3.60. The van der Waals surface area contributed by atoms with Crippen molar-refractivity contribution in [3.05, 3.63) is 53.6 Å². The summed E-state index contributed by atoms with van der Waals surface area (Å²) in [6.45, 7) is 2.05. The lowest BCUT2D eigenvalue weighted by Gasteiger charge is -2.22. The van der Waals surface area contributed by atoms with Crippen LogP contribution in [0.4, 0.5) is 17.1 Å². The van der Waals surface area contributed by atoms with E-state index in [9.17, 15) is 9.59 Å². The Hall–Kier alpha value is -2.62. The molecular formula is C17H16N2O2. The number of likely N-dealkylation sites (N-methyl/N-ethyl adjacent to an activating group) is 1. The zero-order valence-corrected chi connectivity index (χ0v) is 12.3. The first-order chi connectivity index (χ1) is 10.0. The first kappa shape index (κ1) is 13.4. The van der Waals surface area contributed by atoms with Crippen LogP contribution >= 0.6 is 0 Å². The standard InChI is InChI=1S/C17H16N2O2/c1-11-6-4-5-7-14(11)18(2)12-8-9-13-15(10-12)19(3)17(21)16(13)20/h4-10H,1-3H3. The number of aryl methyl sites for hydroxylation is 1. The van der Waals surface area contributed by atoms with Crippen LogP contribution in [0.5, 0.6) is 0 Å². The van der Waals surface area contributed by atoms with Gasteiger partial charge in [0, 0.05) is 25.5 Å². The highest BCUT2D eigenvalue weighted by molar-refractivity contribution is 6.52. The molecule has 0 aromatic heterocycles. The van der Waals surface area contributed by atoms with Gasteiger partial charge in [0.25, 0.3) is 11.7 Å². The van der Waals surface area contributed by atoms with Crippen LogP contribution in [0.3, 0.4) is 0 Å². The number of anilines is 3. The minimum Gasteiger partial charge on any atom is -0.344 e. The van der Waals surface area contributed by atoms with E-state index in [0.717, 1.165) is 11.4 Å². The normalized spacial score (nSPS) is 13.6. The van der Waals surface area contributed by atoms with Gasteiger partial charge in [0.15, 0.2) is 0 Å². The van der Waals surface area contributed by atoms with Gasteiger partial charge in [0.2, 0.25) is 0 Å². The van der Waals surface area contributed by atoms with E-state index in [1.54, 1.807) is 13.1 Å². The molecule has 2 aromatic rings. The number of carbonyl (C=O) groups excluding carboxylic acids is 2. The Kier molecular flexibility index (Phi) is 3.01. The number of fused-ring (bicyclic) bond motifs is 1. The largest absolute Gasteiger partial charge is 0.344 e. The molecule has 0 aliphatic carbocycles. The zero-order valence-electron chi connectivity index (χ0n) is 12.3. The summed E-state index contributed by atoms with van der Waals surface area (Å²) in [6, 6.07) is 13.6. The van der Waals surface area contributed by atoms with E-state index in [0.29, 0.717) is 11.3 Å². The number of Topliss-reactive ketones (excluding diaryl/α,β-unsaturated/α-hetero) is 1. The molecule has 0 spiro atoms. The molecule has 106 valence electrons. The Labute approximate surface area is 123 Å². The van der Waals surface area contributed by atoms with E-state index in [4.69, 9.17) is 0 Å². The number of amides is 1. The van der Waals surface area contributed by atoms with Crippen molar-refractivity contribution in [2.75, 3.05) is 23.9 Å². The van der Waals surface area contributed by atoms with Crippen molar-refractivity contribution in [1.82, 2.24) is 0 Å². The average Bonchev–Trinajstić information content (AvgIpc) is 2.71. The second-order valence-corrected chi connectivity index (χ2v) is 5.24. The van der Waals surface area contributed by atoms with Gasteiger partial charge in [0.1, 0.15) is 0 Å². The number of para-hydroxylation sites is 1. The van der Waals surface area contributed by atoms with E-state index in [1.165, 1.54) is 10.5 Å². The van der Waals surface area contributed by atoms with Crippen LogP contribution in [-0.2, 0) is 4.79 Å².